The standard InChI is InChI=1S/C4H8NS2/c5-1-3-7-4-2-6/h1,3-5H2. The van der Waals surface area contributed by atoms with Crippen LogP contribution in [0.5, 0.6) is 0 Å². The van der Waals surface area contributed by atoms with Crippen molar-refractivity contribution in [2.45, 2.75) is 0 Å². The fourth-order valence-electron chi connectivity index (χ4n) is 0.197. The lowest BCUT2D eigenvalue weighted by Gasteiger charge is -1.87. The minimum Gasteiger partial charge on any atom is -0.330 e. The Morgan fingerprint density at radius 1 is 1.71 bits per heavy atom. The summed E-state index contributed by atoms with van der Waals surface area (Å²) in [5, 5.41) is 2.59. The molecule has 0 aromatic carbocycles. The molecular weight excluding hydrogens is 126 g/mol. The number of thioether (sulfide) groups is 1. The summed E-state index contributed by atoms with van der Waals surface area (Å²) in [6.07, 6.45) is 0. The lowest BCUT2D eigenvalue weighted by atomic mass is 10.8. The second-order valence-electron chi connectivity index (χ2n) is 0.986. The highest BCUT2D eigenvalue weighted by Gasteiger charge is 1.78. The van der Waals surface area contributed by atoms with Gasteiger partial charge in [0, 0.05) is 23.4 Å². The van der Waals surface area contributed by atoms with Gasteiger partial charge in [-0.05, 0) is 0 Å². The van der Waals surface area contributed by atoms with Gasteiger partial charge in [-0.15, -0.1) is 0 Å². The molecule has 0 saturated carbocycles. The van der Waals surface area contributed by atoms with E-state index in [-0.39, 0.29) is 0 Å². The molecule has 0 aliphatic rings. The molecule has 3 heteroatoms. The van der Waals surface area contributed by atoms with Crippen LogP contribution in [0, 0.1) is 0 Å². The molecule has 0 saturated heterocycles. The normalized spacial score (nSPS) is 8.71. The van der Waals surface area contributed by atoms with E-state index >= 15 is 0 Å². The molecule has 0 spiro atoms. The van der Waals surface area contributed by atoms with Crippen LogP contribution in [0.3, 0.4) is 0 Å². The van der Waals surface area contributed by atoms with Gasteiger partial charge in [-0.2, -0.15) is 11.8 Å². The molecule has 0 fully saturated rings. The van der Waals surface area contributed by atoms with Crippen LogP contribution in [-0.2, 0) is 0 Å². The van der Waals surface area contributed by atoms with Gasteiger partial charge in [0.25, 0.3) is 0 Å². The van der Waals surface area contributed by atoms with Crippen LogP contribution in [0.4, 0.5) is 0 Å². The molecule has 1 radical (unpaired) electrons. The molecule has 0 rings (SSSR count). The number of hydrogen-bond acceptors (Lipinski definition) is 3. The molecule has 0 aliphatic carbocycles. The molecule has 0 aromatic heterocycles. The minimum atomic E-state index is 0.738. The lowest BCUT2D eigenvalue weighted by Crippen LogP contribution is -2.01. The molecule has 0 heterocycles. The maximum Gasteiger partial charge on any atom is 0.0399 e. The van der Waals surface area contributed by atoms with Gasteiger partial charge in [-0.25, -0.2) is 0 Å². The van der Waals surface area contributed by atoms with E-state index in [4.69, 9.17) is 5.73 Å². The van der Waals surface area contributed by atoms with Crippen LogP contribution in [0.1, 0.15) is 0 Å². The number of nitrogens with two attached hydrogens (primary N) is 1. The first-order valence-electron chi connectivity index (χ1n) is 2.04. The third-order valence-corrected chi connectivity index (χ3v) is 1.62. The van der Waals surface area contributed by atoms with E-state index in [0.29, 0.717) is 0 Å². The van der Waals surface area contributed by atoms with Crippen molar-refractivity contribution in [1.29, 1.82) is 0 Å². The maximum atomic E-state index is 5.19. The zero-order valence-corrected chi connectivity index (χ0v) is 5.65. The van der Waals surface area contributed by atoms with Crippen LogP contribution in [-0.4, -0.2) is 23.4 Å². The molecule has 0 aliphatic heterocycles. The fourth-order valence-corrected chi connectivity index (χ4v) is 0.842. The van der Waals surface area contributed by atoms with Crippen LogP contribution in [0.25, 0.3) is 0 Å². The van der Waals surface area contributed by atoms with Crippen LogP contribution in [0.2, 0.25) is 0 Å². The quantitative estimate of drug-likeness (QED) is 0.449. The van der Waals surface area contributed by atoms with Crippen molar-refractivity contribution >= 4 is 29.3 Å². The Labute approximate surface area is 53.7 Å². The second kappa shape index (κ2) is 6.40. The van der Waals surface area contributed by atoms with Crippen LogP contribution < -0.4 is 5.73 Å². The summed E-state index contributed by atoms with van der Waals surface area (Å²) in [6.45, 7) is 0.738. The molecule has 0 aromatic rings. The predicted molar refractivity (Wildman–Crippen MR) is 39.0 cm³/mol. The molecule has 41 valence electrons. The van der Waals surface area contributed by atoms with E-state index in [9.17, 15) is 0 Å². The van der Waals surface area contributed by atoms with Gasteiger partial charge >= 0.3 is 0 Å². The Balaban J connectivity index is 2.56. The Kier molecular flexibility index (Phi) is 6.77. The van der Waals surface area contributed by atoms with Crippen molar-refractivity contribution in [1.82, 2.24) is 0 Å². The maximum absolute atomic E-state index is 5.19. The molecule has 0 unspecified atom stereocenters. The van der Waals surface area contributed by atoms with E-state index < -0.39 is 0 Å². The van der Waals surface area contributed by atoms with Crippen molar-refractivity contribution in [3.05, 3.63) is 0 Å². The molecule has 1 nitrogen and oxygen atoms in total. The molecule has 0 atom stereocenters. The van der Waals surface area contributed by atoms with Gasteiger partial charge in [0.05, 0.1) is 0 Å². The fraction of sp³-hybridized carbons (Fsp3) is 0.750. The van der Waals surface area contributed by atoms with E-state index in [1.54, 1.807) is 11.8 Å². The van der Waals surface area contributed by atoms with Crippen molar-refractivity contribution in [2.75, 3.05) is 18.1 Å². The lowest BCUT2D eigenvalue weighted by molar-refractivity contribution is 1.15. The monoisotopic (exact) mass is 134 g/mol. The van der Waals surface area contributed by atoms with Crippen molar-refractivity contribution in [3.8, 4) is 0 Å². The largest absolute Gasteiger partial charge is 0.330 e. The van der Waals surface area contributed by atoms with Crippen molar-refractivity contribution in [2.24, 2.45) is 5.73 Å². The van der Waals surface area contributed by atoms with Crippen molar-refractivity contribution < 1.29 is 0 Å². The molecule has 7 heavy (non-hydrogen) atoms. The average molecular weight is 134 g/mol. The van der Waals surface area contributed by atoms with Crippen molar-refractivity contribution in [3.63, 3.8) is 0 Å². The predicted octanol–water partition coefficient (Wildman–Crippen LogP) is 0.555. The summed E-state index contributed by atoms with van der Waals surface area (Å²) in [7, 11) is 0. The SMILES string of the molecule is NCCSC[C]=S. The highest BCUT2D eigenvalue weighted by atomic mass is 32.2. The third-order valence-electron chi connectivity index (χ3n) is 0.423. The Morgan fingerprint density at radius 2 is 2.43 bits per heavy atom. The minimum absolute atomic E-state index is 0.738. The topological polar surface area (TPSA) is 26.0 Å². The molecule has 0 amide bonds. The Hall–Kier alpha value is 0.400. The highest BCUT2D eigenvalue weighted by Crippen LogP contribution is 1.92. The molecule has 2 N–H and O–H groups in total. The van der Waals surface area contributed by atoms with Gasteiger partial charge < -0.3 is 5.73 Å². The Morgan fingerprint density at radius 3 is 2.86 bits per heavy atom. The Bertz CT molecular complexity index is 47.0. The van der Waals surface area contributed by atoms with E-state index in [2.05, 4.69) is 17.6 Å². The summed E-state index contributed by atoms with van der Waals surface area (Å²) >= 11 is 6.17. The first-order valence-corrected chi connectivity index (χ1v) is 3.61. The van der Waals surface area contributed by atoms with E-state index in [0.717, 1.165) is 18.1 Å². The summed E-state index contributed by atoms with van der Waals surface area (Å²) in [5.74, 6) is 1.82. The second-order valence-corrected chi connectivity index (χ2v) is 2.38. The summed E-state index contributed by atoms with van der Waals surface area (Å²) in [4.78, 5) is 0. The summed E-state index contributed by atoms with van der Waals surface area (Å²) < 4.78 is 0. The number of thiocarbonyl (C=S) groups is 1. The van der Waals surface area contributed by atoms with Crippen LogP contribution in [0.15, 0.2) is 0 Å². The van der Waals surface area contributed by atoms with E-state index in [1.807, 2.05) is 0 Å². The molecular formula is C4H8NS2. The summed E-state index contributed by atoms with van der Waals surface area (Å²) in [6, 6.07) is 0. The number of rotatable bonds is 4. The zero-order chi connectivity index (χ0) is 5.54. The van der Waals surface area contributed by atoms with Gasteiger partial charge in [-0.3, -0.25) is 0 Å². The van der Waals surface area contributed by atoms with Gasteiger partial charge in [-0.1, -0.05) is 12.2 Å². The number of hydrogen-bond donors (Lipinski definition) is 1. The smallest absolute Gasteiger partial charge is 0.0399 e. The highest BCUT2D eigenvalue weighted by molar-refractivity contribution is 8.00. The first kappa shape index (κ1) is 7.40. The van der Waals surface area contributed by atoms with E-state index in [1.165, 1.54) is 0 Å². The van der Waals surface area contributed by atoms with Crippen LogP contribution >= 0.6 is 24.0 Å². The third kappa shape index (κ3) is 6.40. The molecule has 0 bridgehead atoms. The first-order chi connectivity index (χ1) is 3.41. The summed E-state index contributed by atoms with van der Waals surface area (Å²) in [5.41, 5.74) is 5.19. The zero-order valence-electron chi connectivity index (χ0n) is 4.02. The average Bonchev–Trinajstić information content (AvgIpc) is 1.69. The van der Waals surface area contributed by atoms with Gasteiger partial charge in [0.1, 0.15) is 0 Å². The van der Waals surface area contributed by atoms with Gasteiger partial charge in [0.15, 0.2) is 0 Å². The van der Waals surface area contributed by atoms with Gasteiger partial charge in [0.2, 0.25) is 0 Å².